The maximum Gasteiger partial charge on any atom is 0.166 e. The van der Waals surface area contributed by atoms with Crippen LogP contribution in [0, 0.1) is 17.8 Å². The molecule has 3 spiro atoms. The molecule has 15 heteroatoms. The molecule has 11 unspecified atom stereocenters. The fourth-order valence-electron chi connectivity index (χ4n) is 32.1. The summed E-state index contributed by atoms with van der Waals surface area (Å²) in [5.74, 6) is 8.13. The zero-order valence-electron chi connectivity index (χ0n) is 90.5. The minimum absolute atomic E-state index is 0.0149. The van der Waals surface area contributed by atoms with E-state index in [0.29, 0.717) is 28.8 Å². The van der Waals surface area contributed by atoms with Crippen LogP contribution in [0.4, 0.5) is 0 Å². The summed E-state index contributed by atoms with van der Waals surface area (Å²) in [5.41, 5.74) is 16.3. The van der Waals surface area contributed by atoms with Gasteiger partial charge in [0.1, 0.15) is 52.6 Å². The third kappa shape index (κ3) is 16.1. The number of likely N-dealkylation sites (tertiary alicyclic amines) is 5. The Hall–Kier alpha value is -6.40. The minimum Gasteiger partial charge on any atom is -0.488 e. The number of ether oxygens (including phenoxy) is 7. The Kier molecular flexibility index (Phi) is 24.0. The smallest absolute Gasteiger partial charge is 0.166 e. The van der Waals surface area contributed by atoms with Crippen molar-refractivity contribution < 1.29 is 48.5 Å². The molecule has 8 heterocycles. The molecule has 10 bridgehead atoms. The first-order valence-electron chi connectivity index (χ1n) is 54.0. The number of fused-ring (bicyclic) bond motifs is 2. The van der Waals surface area contributed by atoms with Crippen LogP contribution in [0.3, 0.4) is 0 Å². The molecular weight excluding hydrogens is 1700 g/mol. The van der Waals surface area contributed by atoms with Crippen molar-refractivity contribution in [3.05, 3.63) is 170 Å². The molecule has 137 heavy (non-hydrogen) atoms. The highest BCUT2D eigenvalue weighted by Crippen LogP contribution is 2.71. The van der Waals surface area contributed by atoms with E-state index >= 15 is 0 Å². The Balaban J connectivity index is 0.000000110. The molecule has 5 aromatic rings. The van der Waals surface area contributed by atoms with E-state index in [1.165, 1.54) is 129 Å². The van der Waals surface area contributed by atoms with Crippen LogP contribution in [0.1, 0.15) is 378 Å². The monoisotopic (exact) mass is 1870 g/mol. The van der Waals surface area contributed by atoms with Crippen LogP contribution in [0.5, 0.6) is 40.2 Å². The highest BCUT2D eigenvalue weighted by atomic mass is 16.6. The summed E-state index contributed by atoms with van der Waals surface area (Å²) in [4.78, 5) is 13.4. The summed E-state index contributed by atoms with van der Waals surface area (Å²) in [6, 6.07) is 29.5. The van der Waals surface area contributed by atoms with Gasteiger partial charge in [-0.15, -0.1) is 0 Å². The fraction of sp³-hybridized carbons (Fsp3) is 0.705. The Labute approximate surface area is 826 Å². The summed E-state index contributed by atoms with van der Waals surface area (Å²) >= 11 is 0. The van der Waals surface area contributed by atoms with Crippen molar-refractivity contribution in [1.82, 2.24) is 24.5 Å². The molecule has 4 saturated carbocycles. The predicted molar refractivity (Wildman–Crippen MR) is 556 cm³/mol. The van der Waals surface area contributed by atoms with E-state index in [1.54, 1.807) is 22.3 Å². The van der Waals surface area contributed by atoms with Gasteiger partial charge in [0.25, 0.3) is 0 Å². The SMILES string of the molecule is C=C1CC[C@@]2(O)C3Cc4ccc(OC(C)(C)C)c5c4[C@@]2(CCN3C(C)(C)C)C1O5.C=C1CC[C@@]2(O)C3Cc4ccc(OC(C)(C)C)c5c4[C@@]2(CCN3C(C)(C)C)C1O5.CC(C)(C)Oc1ccc2c(c1)C13CCCCC1[C@H](C2)N(C(C)(C)C)CC3.CC(C)(C)Oc1ccc2c3c1OC1[C@@H](O)C=CC4C(C2)N(C(C)(C)C)CC[C@@]341.CC(C)(C)c1ccc2c(c1)C13CCCCC1[C@H](C2)N(C(C)(C)C)CC3. The first-order valence-corrected chi connectivity index (χ1v) is 54.0. The molecule has 0 aromatic heterocycles. The number of aliphatic hydroxyl groups is 3. The molecule has 0 amide bonds. The van der Waals surface area contributed by atoms with Gasteiger partial charge < -0.3 is 48.5 Å². The lowest BCUT2D eigenvalue weighted by molar-refractivity contribution is -0.189. The van der Waals surface area contributed by atoms with E-state index < -0.39 is 28.1 Å². The van der Waals surface area contributed by atoms with Gasteiger partial charge in [-0.2, -0.15) is 0 Å². The van der Waals surface area contributed by atoms with Gasteiger partial charge >= 0.3 is 0 Å². The van der Waals surface area contributed by atoms with E-state index in [0.717, 1.165) is 153 Å². The van der Waals surface area contributed by atoms with Crippen molar-refractivity contribution in [2.45, 2.75) is 497 Å². The molecular formula is C122H177N5O10. The first-order chi connectivity index (χ1) is 63.5. The average Bonchev–Trinajstić information content (AvgIpc) is 1.51. The van der Waals surface area contributed by atoms with Gasteiger partial charge in [-0.1, -0.05) is 114 Å². The number of nitrogens with zero attached hydrogens (tertiary/aromatic N) is 5. The molecule has 5 saturated heterocycles. The zero-order chi connectivity index (χ0) is 98.8. The molecule has 18 aliphatic rings. The number of hydrogen-bond donors (Lipinski definition) is 3. The number of rotatable bonds is 4. The second-order valence-electron chi connectivity index (χ2n) is 56.0. The normalized spacial score (nSPS) is 34.6. The standard InChI is InChI=1S/2C25H35NO3.C24H33NO3.C24H37NO.C24H37N/c2*1-15-10-11-25(27)18-14-16-8-9-17(29-23(5,6)7)20-19(16)24(25,21(15)28-20)12-13-26(18)22(2,3)4;1-22(2,3)25-12-11-24-15-8-9-17(26)21(24)27-20-18(28-23(4,5)6)10-7-14(19(20)24)13-16(15)25;1-22(2,3)25-14-13-24-12-8-7-9-19(24)21(25)15-17-10-11-18(16-20(17)24)26-23(4,5)6;1-22(2,3)18-11-10-17-15-21-19-9-7-8-12-24(19,20(17)16-18)13-14-25(21)23(4,5)6/h2*8-9,18,21,27H,1,10-14H2,2-7H3;7-10,15-17,21,26H,11-13H2,1-6H3;10-11,16,19,21H,7-9,12-15H2,1-6H3;10-11,16,19,21H,7-9,12-15H2,1-6H3/t2*18?,21?,24-,25+;15?,16?,17-,21?,24-;2*19?,21-,24?/m00000/s1. The molecule has 5 aromatic carbocycles. The molecule has 750 valence electrons. The van der Waals surface area contributed by atoms with Gasteiger partial charge in [-0.25, -0.2) is 0 Å². The fourth-order valence-corrected chi connectivity index (χ4v) is 32.1. The molecule has 8 aliphatic heterocycles. The number of piperidine rings is 5. The quantitative estimate of drug-likeness (QED) is 0.147. The van der Waals surface area contributed by atoms with E-state index in [2.05, 4.69) is 324 Å². The highest BCUT2D eigenvalue weighted by Gasteiger charge is 2.76. The van der Waals surface area contributed by atoms with E-state index in [1.807, 2.05) is 6.08 Å². The van der Waals surface area contributed by atoms with Crippen molar-refractivity contribution >= 4 is 0 Å². The van der Waals surface area contributed by atoms with Crippen LogP contribution >= 0.6 is 0 Å². The van der Waals surface area contributed by atoms with E-state index in [4.69, 9.17) is 33.2 Å². The second-order valence-corrected chi connectivity index (χ2v) is 56.0. The van der Waals surface area contributed by atoms with Gasteiger partial charge in [0, 0.05) is 110 Å². The third-order valence-electron chi connectivity index (χ3n) is 37.1. The van der Waals surface area contributed by atoms with Gasteiger partial charge in [0.15, 0.2) is 34.5 Å². The molecule has 19 atom stereocenters. The maximum atomic E-state index is 12.4. The third-order valence-corrected chi connectivity index (χ3v) is 37.1. The zero-order valence-corrected chi connectivity index (χ0v) is 90.5. The van der Waals surface area contributed by atoms with Crippen molar-refractivity contribution in [2.24, 2.45) is 17.8 Å². The lowest BCUT2D eigenvalue weighted by atomic mass is 9.48. The van der Waals surface area contributed by atoms with E-state index in [9.17, 15) is 15.3 Å². The average molecular weight is 1870 g/mol. The number of benzene rings is 5. The Morgan fingerprint density at radius 2 is 0.737 bits per heavy atom. The lowest BCUT2D eigenvalue weighted by Crippen LogP contribution is -2.77. The molecule has 3 N–H and O–H groups in total. The van der Waals surface area contributed by atoms with Crippen LogP contribution in [0.25, 0.3) is 0 Å². The molecule has 10 aliphatic carbocycles. The van der Waals surface area contributed by atoms with Crippen molar-refractivity contribution in [3.8, 4) is 40.2 Å². The van der Waals surface area contributed by atoms with Gasteiger partial charge in [-0.05, 0) is 425 Å². The topological polar surface area (TPSA) is 142 Å². The molecule has 23 rings (SSSR count). The number of hydrogen-bond acceptors (Lipinski definition) is 15. The molecule has 15 nitrogen and oxygen atoms in total. The Bertz CT molecular complexity index is 5390. The summed E-state index contributed by atoms with van der Waals surface area (Å²) in [6.07, 6.45) is 28.3. The van der Waals surface area contributed by atoms with Crippen molar-refractivity contribution in [2.75, 3.05) is 32.7 Å². The van der Waals surface area contributed by atoms with Crippen LogP contribution in [-0.2, 0) is 64.6 Å². The first kappa shape index (κ1) is 99.3. The summed E-state index contributed by atoms with van der Waals surface area (Å²) in [5, 5.41) is 35.6. The van der Waals surface area contributed by atoms with Crippen LogP contribution in [0.15, 0.2) is 109 Å². The Morgan fingerprint density at radius 3 is 1.15 bits per heavy atom. The second kappa shape index (κ2) is 33.1. The van der Waals surface area contributed by atoms with Gasteiger partial charge in [0.05, 0.1) is 22.0 Å². The van der Waals surface area contributed by atoms with Crippen molar-refractivity contribution in [3.63, 3.8) is 0 Å². The summed E-state index contributed by atoms with van der Waals surface area (Å²) in [7, 11) is 0. The van der Waals surface area contributed by atoms with Gasteiger partial charge in [0.2, 0.25) is 0 Å². The Morgan fingerprint density at radius 1 is 0.365 bits per heavy atom. The highest BCUT2D eigenvalue weighted by molar-refractivity contribution is 5.68. The van der Waals surface area contributed by atoms with Crippen LogP contribution in [-0.4, -0.2) is 188 Å². The molecule has 9 fully saturated rings. The summed E-state index contributed by atoms with van der Waals surface area (Å²) in [6.45, 7) is 81.3. The number of aliphatic hydroxyl groups excluding tert-OH is 1. The summed E-state index contributed by atoms with van der Waals surface area (Å²) < 4.78 is 45.0. The van der Waals surface area contributed by atoms with Crippen LogP contribution in [0.2, 0.25) is 0 Å². The predicted octanol–water partition coefficient (Wildman–Crippen LogP) is 24.1. The van der Waals surface area contributed by atoms with E-state index in [-0.39, 0.29) is 91.3 Å². The van der Waals surface area contributed by atoms with Crippen LogP contribution < -0.4 is 33.2 Å². The largest absolute Gasteiger partial charge is 0.488 e. The maximum absolute atomic E-state index is 12.4. The lowest BCUT2D eigenvalue weighted by Gasteiger charge is -2.65. The van der Waals surface area contributed by atoms with Gasteiger partial charge in [-0.3, -0.25) is 24.5 Å². The molecule has 0 radical (unpaired) electrons. The minimum atomic E-state index is -0.803. The van der Waals surface area contributed by atoms with Crippen molar-refractivity contribution in [1.29, 1.82) is 0 Å².